The number of benzene rings is 1. The summed E-state index contributed by atoms with van der Waals surface area (Å²) in [5, 5.41) is 0. The van der Waals surface area contributed by atoms with E-state index < -0.39 is 0 Å². The van der Waals surface area contributed by atoms with E-state index >= 15 is 0 Å². The van der Waals surface area contributed by atoms with Crippen molar-refractivity contribution in [2.45, 2.75) is 18.5 Å². The van der Waals surface area contributed by atoms with Crippen LogP contribution in [0.1, 0.15) is 17.0 Å². The molecule has 98 valence electrons. The van der Waals surface area contributed by atoms with Crippen molar-refractivity contribution >= 4 is 0 Å². The predicted molar refractivity (Wildman–Crippen MR) is 71.6 cm³/mol. The fraction of sp³-hybridized carbons (Fsp3) is 0.400. The van der Waals surface area contributed by atoms with Crippen LogP contribution in [0.5, 0.6) is 0 Å². The highest BCUT2D eigenvalue weighted by atomic mass is 16.5. The average molecular weight is 255 g/mol. The Balaban J connectivity index is 1.67. The van der Waals surface area contributed by atoms with Gasteiger partial charge in [0.15, 0.2) is 0 Å². The van der Waals surface area contributed by atoms with Crippen LogP contribution in [0.2, 0.25) is 0 Å². The molecule has 2 aliphatic rings. The lowest BCUT2D eigenvalue weighted by atomic mass is 9.85. The second-order valence-electron chi connectivity index (χ2n) is 5.41. The zero-order chi connectivity index (χ0) is 12.7. The molecule has 1 N–H and O–H groups in total. The number of hydrogen-bond acceptors (Lipinski definition) is 3. The molecule has 0 amide bonds. The smallest absolute Gasteiger partial charge is 0.111 e. The van der Waals surface area contributed by atoms with Crippen LogP contribution in [0, 0.1) is 0 Å². The maximum Gasteiger partial charge on any atom is 0.111 e. The van der Waals surface area contributed by atoms with Crippen LogP contribution >= 0.6 is 0 Å². The third kappa shape index (κ3) is 1.64. The van der Waals surface area contributed by atoms with Gasteiger partial charge in [-0.1, -0.05) is 30.3 Å². The SMILES string of the molecule is c1ccc(CN2CCc3nc[nH]c3C23COC3)cc1. The normalized spacial score (nSPS) is 21.1. The summed E-state index contributed by atoms with van der Waals surface area (Å²) < 4.78 is 5.52. The minimum Gasteiger partial charge on any atom is -0.377 e. The van der Waals surface area contributed by atoms with Crippen LogP contribution in [0.4, 0.5) is 0 Å². The van der Waals surface area contributed by atoms with Crippen molar-refractivity contribution in [1.82, 2.24) is 14.9 Å². The van der Waals surface area contributed by atoms with E-state index in [1.54, 1.807) is 0 Å². The molecule has 0 radical (unpaired) electrons. The maximum absolute atomic E-state index is 5.52. The summed E-state index contributed by atoms with van der Waals surface area (Å²) in [4.78, 5) is 10.3. The fourth-order valence-corrected chi connectivity index (χ4v) is 3.18. The van der Waals surface area contributed by atoms with Crippen LogP contribution in [0.15, 0.2) is 36.7 Å². The van der Waals surface area contributed by atoms with Crippen LogP contribution in [-0.4, -0.2) is 34.6 Å². The van der Waals surface area contributed by atoms with Gasteiger partial charge in [0.25, 0.3) is 0 Å². The number of rotatable bonds is 2. The summed E-state index contributed by atoms with van der Waals surface area (Å²) >= 11 is 0. The largest absolute Gasteiger partial charge is 0.377 e. The Hall–Kier alpha value is -1.65. The molecule has 4 nitrogen and oxygen atoms in total. The molecule has 3 heterocycles. The van der Waals surface area contributed by atoms with Crippen LogP contribution in [0.25, 0.3) is 0 Å². The van der Waals surface area contributed by atoms with Gasteiger partial charge in [-0.25, -0.2) is 4.98 Å². The third-order valence-electron chi connectivity index (χ3n) is 4.31. The second kappa shape index (κ2) is 4.18. The number of aromatic amines is 1. The minimum absolute atomic E-state index is 0.0277. The maximum atomic E-state index is 5.52. The molecule has 4 rings (SSSR count). The van der Waals surface area contributed by atoms with E-state index in [2.05, 4.69) is 45.2 Å². The predicted octanol–water partition coefficient (Wildman–Crippen LogP) is 1.69. The summed E-state index contributed by atoms with van der Waals surface area (Å²) in [6.07, 6.45) is 2.84. The van der Waals surface area contributed by atoms with E-state index in [1.807, 2.05) is 6.33 Å². The number of H-pyrrole nitrogens is 1. The van der Waals surface area contributed by atoms with Gasteiger partial charge in [0.1, 0.15) is 5.54 Å². The van der Waals surface area contributed by atoms with Crippen LogP contribution in [-0.2, 0) is 23.2 Å². The number of ether oxygens (including phenoxy) is 1. The van der Waals surface area contributed by atoms with Gasteiger partial charge < -0.3 is 9.72 Å². The highest BCUT2D eigenvalue weighted by Crippen LogP contribution is 2.40. The Morgan fingerprint density at radius 3 is 2.84 bits per heavy atom. The summed E-state index contributed by atoms with van der Waals surface area (Å²) in [5.74, 6) is 0. The molecule has 1 saturated heterocycles. The topological polar surface area (TPSA) is 41.2 Å². The van der Waals surface area contributed by atoms with Gasteiger partial charge in [-0.15, -0.1) is 0 Å². The highest BCUT2D eigenvalue weighted by molar-refractivity contribution is 5.29. The molecule has 2 aromatic rings. The molecule has 1 spiro atoms. The Morgan fingerprint density at radius 2 is 2.11 bits per heavy atom. The molecule has 0 unspecified atom stereocenters. The number of nitrogens with one attached hydrogen (secondary N) is 1. The first-order valence-electron chi connectivity index (χ1n) is 6.78. The van der Waals surface area contributed by atoms with Crippen molar-refractivity contribution in [3.63, 3.8) is 0 Å². The number of imidazole rings is 1. The fourth-order valence-electron chi connectivity index (χ4n) is 3.18. The number of hydrogen-bond donors (Lipinski definition) is 1. The van der Waals surface area contributed by atoms with Crippen LogP contribution < -0.4 is 0 Å². The van der Waals surface area contributed by atoms with Crippen molar-refractivity contribution in [3.05, 3.63) is 53.6 Å². The van der Waals surface area contributed by atoms with E-state index in [1.165, 1.54) is 17.0 Å². The number of fused-ring (bicyclic) bond motifs is 2. The van der Waals surface area contributed by atoms with E-state index in [-0.39, 0.29) is 5.54 Å². The molecule has 0 bridgehead atoms. The van der Waals surface area contributed by atoms with Crippen molar-refractivity contribution in [2.24, 2.45) is 0 Å². The minimum atomic E-state index is 0.0277. The van der Waals surface area contributed by atoms with Gasteiger partial charge in [0, 0.05) is 19.5 Å². The van der Waals surface area contributed by atoms with Crippen molar-refractivity contribution in [2.75, 3.05) is 19.8 Å². The molecule has 2 aliphatic heterocycles. The molecule has 0 saturated carbocycles. The molecular formula is C15H17N3O. The summed E-state index contributed by atoms with van der Waals surface area (Å²) in [6, 6.07) is 10.6. The lowest BCUT2D eigenvalue weighted by molar-refractivity contribution is -0.157. The molecule has 1 aromatic carbocycles. The summed E-state index contributed by atoms with van der Waals surface area (Å²) in [6.45, 7) is 3.57. The van der Waals surface area contributed by atoms with Gasteiger partial charge in [-0.05, 0) is 5.56 Å². The lowest BCUT2D eigenvalue weighted by Gasteiger charge is -2.51. The molecule has 0 aliphatic carbocycles. The molecule has 1 fully saturated rings. The van der Waals surface area contributed by atoms with Crippen molar-refractivity contribution in [3.8, 4) is 0 Å². The Bertz CT molecular complexity index is 574. The first-order chi connectivity index (χ1) is 9.38. The van der Waals surface area contributed by atoms with Gasteiger partial charge in [-0.2, -0.15) is 0 Å². The van der Waals surface area contributed by atoms with Crippen molar-refractivity contribution < 1.29 is 4.74 Å². The van der Waals surface area contributed by atoms with E-state index in [0.29, 0.717) is 0 Å². The Kier molecular flexibility index (Phi) is 2.47. The monoisotopic (exact) mass is 255 g/mol. The summed E-state index contributed by atoms with van der Waals surface area (Å²) in [7, 11) is 0. The van der Waals surface area contributed by atoms with Gasteiger partial charge in [0.05, 0.1) is 30.9 Å². The summed E-state index contributed by atoms with van der Waals surface area (Å²) in [5.41, 5.74) is 3.87. The van der Waals surface area contributed by atoms with Gasteiger partial charge in [-0.3, -0.25) is 4.90 Å². The second-order valence-corrected chi connectivity index (χ2v) is 5.41. The highest BCUT2D eigenvalue weighted by Gasteiger charge is 2.50. The van der Waals surface area contributed by atoms with E-state index in [9.17, 15) is 0 Å². The first-order valence-corrected chi connectivity index (χ1v) is 6.78. The average Bonchev–Trinajstić information content (AvgIpc) is 2.86. The molecule has 4 heteroatoms. The molecule has 0 atom stereocenters. The standard InChI is InChI=1S/C15H17N3O/c1-2-4-12(5-3-1)8-18-7-6-13-14(17-11-16-13)15(18)9-19-10-15/h1-5,11H,6-10H2,(H,16,17). The molecule has 19 heavy (non-hydrogen) atoms. The molecular weight excluding hydrogens is 238 g/mol. The van der Waals surface area contributed by atoms with Crippen LogP contribution in [0.3, 0.4) is 0 Å². The van der Waals surface area contributed by atoms with Crippen molar-refractivity contribution in [1.29, 1.82) is 0 Å². The van der Waals surface area contributed by atoms with Gasteiger partial charge in [0.2, 0.25) is 0 Å². The van der Waals surface area contributed by atoms with E-state index in [0.717, 1.165) is 32.7 Å². The third-order valence-corrected chi connectivity index (χ3v) is 4.31. The Morgan fingerprint density at radius 1 is 1.26 bits per heavy atom. The van der Waals surface area contributed by atoms with E-state index in [4.69, 9.17) is 4.74 Å². The quantitative estimate of drug-likeness (QED) is 0.888. The zero-order valence-electron chi connectivity index (χ0n) is 10.8. The Labute approximate surface area is 112 Å². The molecule has 1 aromatic heterocycles. The number of aromatic nitrogens is 2. The lowest BCUT2D eigenvalue weighted by Crippen LogP contribution is -2.62. The zero-order valence-corrected chi connectivity index (χ0v) is 10.8. The first kappa shape index (κ1) is 11.2. The number of nitrogens with zero attached hydrogens (tertiary/aromatic N) is 2. The van der Waals surface area contributed by atoms with Gasteiger partial charge >= 0.3 is 0 Å².